The molecule has 0 aliphatic carbocycles. The van der Waals surface area contributed by atoms with Gasteiger partial charge in [0, 0.05) is 75.6 Å². The van der Waals surface area contributed by atoms with Gasteiger partial charge in [0.05, 0.1) is 10.6 Å². The van der Waals surface area contributed by atoms with Gasteiger partial charge in [0.2, 0.25) is 5.95 Å². The predicted octanol–water partition coefficient (Wildman–Crippen LogP) is 4.71. The Morgan fingerprint density at radius 2 is 1.45 bits per heavy atom. The Labute approximate surface area is 295 Å². The van der Waals surface area contributed by atoms with Gasteiger partial charge in [-0.15, -0.1) is 11.8 Å². The number of likely N-dealkylation sites (tertiary alicyclic amines) is 1. The first-order valence-electron chi connectivity index (χ1n) is 15.4. The SMILES string of the molecule is O=S(=O)(O)C(F)(F)F.O=S(=O)(O)C(F)(F)F.c1ccc(N2CCN(c3nc4c(c(NC5CCCN(Cc6cccnc6)C5)n3)SCC4)CC2)cc1. The number of anilines is 3. The standard InChI is InChI=1S/C27H33N7S.2CHF3O3S/c1-2-8-23(9-3-1)33-13-15-34(16-14-33)27-30-24-10-17-35-25(24)26(31-27)29-22-7-5-12-32(20-22)19-21-6-4-11-28-18-21;2*2-1(3,4)8(5,6)7/h1-4,6,8-9,11,18,22H,5,7,10,12-17,19-20H2,(H,29,30,31);2*(H,5,6,7). The number of thioether (sulfide) groups is 1. The van der Waals surface area contributed by atoms with Crippen molar-refractivity contribution in [2.24, 2.45) is 0 Å². The smallest absolute Gasteiger partial charge is 0.368 e. The highest BCUT2D eigenvalue weighted by molar-refractivity contribution is 7.99. The highest BCUT2D eigenvalue weighted by Gasteiger charge is 2.45. The van der Waals surface area contributed by atoms with Gasteiger partial charge in [0.25, 0.3) is 0 Å². The number of pyridine rings is 1. The van der Waals surface area contributed by atoms with Crippen LogP contribution < -0.4 is 15.1 Å². The topological polar surface area (TPSA) is 169 Å². The largest absolute Gasteiger partial charge is 0.522 e. The molecule has 2 aromatic heterocycles. The lowest BCUT2D eigenvalue weighted by Gasteiger charge is -2.36. The zero-order valence-electron chi connectivity index (χ0n) is 26.8. The predicted molar refractivity (Wildman–Crippen MR) is 179 cm³/mol. The number of nitrogens with zero attached hydrogens (tertiary/aromatic N) is 6. The molecule has 0 amide bonds. The molecular formula is C29H35F6N7O6S3. The summed E-state index contributed by atoms with van der Waals surface area (Å²) in [6, 6.07) is 15.3. The molecule has 1 atom stereocenters. The normalized spacial score (nSPS) is 18.5. The van der Waals surface area contributed by atoms with Gasteiger partial charge >= 0.3 is 31.3 Å². The second-order valence-corrected chi connectivity index (χ2v) is 15.4. The van der Waals surface area contributed by atoms with Crippen LogP contribution in [0, 0.1) is 0 Å². The summed E-state index contributed by atoms with van der Waals surface area (Å²) >= 11 is 1.90. The third-order valence-electron chi connectivity index (χ3n) is 7.75. The van der Waals surface area contributed by atoms with Crippen molar-refractivity contribution < 1.29 is 52.3 Å². The van der Waals surface area contributed by atoms with E-state index in [-0.39, 0.29) is 0 Å². The van der Waals surface area contributed by atoms with E-state index in [1.54, 1.807) is 0 Å². The van der Waals surface area contributed by atoms with Crippen LogP contribution in [0.1, 0.15) is 24.1 Å². The minimum Gasteiger partial charge on any atom is -0.368 e. The summed E-state index contributed by atoms with van der Waals surface area (Å²) in [5.41, 5.74) is -7.27. The summed E-state index contributed by atoms with van der Waals surface area (Å²) in [5.74, 6) is 3.04. The molecule has 13 nitrogen and oxygen atoms in total. The third-order valence-corrected chi connectivity index (χ3v) is 10.0. The summed E-state index contributed by atoms with van der Waals surface area (Å²) < 4.78 is 115. The van der Waals surface area contributed by atoms with Crippen molar-refractivity contribution in [3.63, 3.8) is 0 Å². The van der Waals surface area contributed by atoms with Crippen LogP contribution in [0.2, 0.25) is 0 Å². The summed E-state index contributed by atoms with van der Waals surface area (Å²) in [6.45, 7) is 7.01. The Kier molecular flexibility index (Phi) is 13.4. The Balaban J connectivity index is 0.000000305. The van der Waals surface area contributed by atoms with Crippen molar-refractivity contribution in [3.05, 3.63) is 66.1 Å². The van der Waals surface area contributed by atoms with E-state index in [1.165, 1.54) is 34.7 Å². The quantitative estimate of drug-likeness (QED) is 0.178. The number of benzene rings is 1. The number of rotatable bonds is 6. The van der Waals surface area contributed by atoms with Crippen molar-refractivity contribution >= 4 is 49.5 Å². The lowest BCUT2D eigenvalue weighted by Crippen LogP contribution is -2.47. The number of fused-ring (bicyclic) bond motifs is 1. The third kappa shape index (κ3) is 11.8. The van der Waals surface area contributed by atoms with Crippen molar-refractivity contribution in [3.8, 4) is 0 Å². The zero-order chi connectivity index (χ0) is 37.5. The lowest BCUT2D eigenvalue weighted by molar-refractivity contribution is -0.0514. The minimum atomic E-state index is -5.84. The van der Waals surface area contributed by atoms with Gasteiger partial charge in [-0.05, 0) is 43.1 Å². The fourth-order valence-corrected chi connectivity index (χ4v) is 6.41. The summed E-state index contributed by atoms with van der Waals surface area (Å²) in [5, 5.41) is 3.84. The van der Waals surface area contributed by atoms with E-state index >= 15 is 0 Å². The molecular weight excluding hydrogens is 753 g/mol. The zero-order valence-corrected chi connectivity index (χ0v) is 29.2. The van der Waals surface area contributed by atoms with Crippen LogP contribution in [0.3, 0.4) is 0 Å². The maximum Gasteiger partial charge on any atom is 0.522 e. The Hall–Kier alpha value is -3.44. The first-order valence-corrected chi connectivity index (χ1v) is 19.2. The first kappa shape index (κ1) is 40.3. The molecule has 0 bridgehead atoms. The fourth-order valence-electron chi connectivity index (χ4n) is 5.36. The highest BCUT2D eigenvalue weighted by atomic mass is 32.2. The number of hydrogen-bond acceptors (Lipinski definition) is 12. The van der Waals surface area contributed by atoms with Crippen LogP contribution in [-0.4, -0.2) is 108 Å². The Bertz CT molecular complexity index is 1760. The molecule has 2 fully saturated rings. The molecule has 3 N–H and O–H groups in total. The monoisotopic (exact) mass is 787 g/mol. The molecule has 5 heterocycles. The number of piperazine rings is 1. The molecule has 1 unspecified atom stereocenters. The summed E-state index contributed by atoms with van der Waals surface area (Å²) in [4.78, 5) is 23.0. The molecule has 22 heteroatoms. The number of alkyl halides is 6. The van der Waals surface area contributed by atoms with E-state index in [4.69, 9.17) is 35.9 Å². The molecule has 3 aromatic rings. The van der Waals surface area contributed by atoms with E-state index in [2.05, 4.69) is 61.4 Å². The van der Waals surface area contributed by atoms with Crippen LogP contribution in [-0.2, 0) is 33.2 Å². The molecule has 282 valence electrons. The van der Waals surface area contributed by atoms with Crippen LogP contribution in [0.25, 0.3) is 0 Å². The molecule has 0 spiro atoms. The average molecular weight is 788 g/mol. The molecule has 3 aliphatic heterocycles. The van der Waals surface area contributed by atoms with Crippen molar-refractivity contribution in [1.82, 2.24) is 19.9 Å². The molecule has 6 rings (SSSR count). The molecule has 1 aromatic carbocycles. The molecule has 0 radical (unpaired) electrons. The summed E-state index contributed by atoms with van der Waals surface area (Å²) in [7, 11) is -11.7. The van der Waals surface area contributed by atoms with Crippen molar-refractivity contribution in [1.29, 1.82) is 0 Å². The van der Waals surface area contributed by atoms with Gasteiger partial charge in [-0.25, -0.2) is 4.98 Å². The van der Waals surface area contributed by atoms with Gasteiger partial charge in [-0.2, -0.15) is 48.2 Å². The first-order chi connectivity index (χ1) is 23.8. The van der Waals surface area contributed by atoms with E-state index in [0.717, 1.165) is 69.8 Å². The van der Waals surface area contributed by atoms with Crippen LogP contribution in [0.15, 0.2) is 59.8 Å². The Morgan fingerprint density at radius 1 is 0.843 bits per heavy atom. The number of halogens is 6. The number of para-hydroxylation sites is 1. The van der Waals surface area contributed by atoms with Gasteiger partial charge < -0.3 is 15.1 Å². The van der Waals surface area contributed by atoms with E-state index in [1.807, 2.05) is 30.2 Å². The second-order valence-electron chi connectivity index (χ2n) is 11.5. The highest BCUT2D eigenvalue weighted by Crippen LogP contribution is 2.37. The van der Waals surface area contributed by atoms with Gasteiger partial charge in [0.15, 0.2) is 0 Å². The maximum absolute atomic E-state index is 10.7. The van der Waals surface area contributed by atoms with Crippen molar-refractivity contribution in [2.75, 3.05) is 60.1 Å². The van der Waals surface area contributed by atoms with Crippen molar-refractivity contribution in [2.45, 2.75) is 47.8 Å². The van der Waals surface area contributed by atoms with Gasteiger partial charge in [-0.3, -0.25) is 19.0 Å². The number of hydrogen-bond donors (Lipinski definition) is 3. The lowest BCUT2D eigenvalue weighted by atomic mass is 10.0. The van der Waals surface area contributed by atoms with Gasteiger partial charge in [0.1, 0.15) is 5.82 Å². The van der Waals surface area contributed by atoms with E-state index < -0.39 is 31.3 Å². The number of piperidine rings is 1. The Morgan fingerprint density at radius 3 is 2.02 bits per heavy atom. The summed E-state index contributed by atoms with van der Waals surface area (Å²) in [6.07, 6.45) is 7.24. The fraction of sp³-hybridized carbons (Fsp3) is 0.483. The molecule has 3 aliphatic rings. The van der Waals surface area contributed by atoms with Crippen LogP contribution in [0.5, 0.6) is 0 Å². The number of aryl methyl sites for hydroxylation is 1. The second kappa shape index (κ2) is 16.9. The van der Waals surface area contributed by atoms with Crippen LogP contribution in [0.4, 0.5) is 43.8 Å². The molecule has 2 saturated heterocycles. The number of aromatic nitrogens is 3. The average Bonchev–Trinajstić information content (AvgIpc) is 3.54. The maximum atomic E-state index is 10.7. The van der Waals surface area contributed by atoms with E-state index in [0.29, 0.717) is 6.04 Å². The van der Waals surface area contributed by atoms with E-state index in [9.17, 15) is 26.3 Å². The minimum absolute atomic E-state index is 0.406. The molecule has 51 heavy (non-hydrogen) atoms. The van der Waals surface area contributed by atoms with Crippen LogP contribution >= 0.6 is 11.8 Å². The number of nitrogens with one attached hydrogen (secondary N) is 1. The van der Waals surface area contributed by atoms with Gasteiger partial charge in [-0.1, -0.05) is 24.3 Å². The molecule has 0 saturated carbocycles.